The van der Waals surface area contributed by atoms with Crippen LogP contribution in [0.2, 0.25) is 0 Å². The van der Waals surface area contributed by atoms with Gasteiger partial charge in [-0.2, -0.15) is 0 Å². The van der Waals surface area contributed by atoms with Crippen LogP contribution < -0.4 is 5.32 Å². The van der Waals surface area contributed by atoms with Crippen molar-refractivity contribution in [1.82, 2.24) is 0 Å². The molecular weight excluding hydrogens is 241 g/mol. The molecule has 0 saturated heterocycles. The van der Waals surface area contributed by atoms with Gasteiger partial charge < -0.3 is 5.32 Å². The molecule has 0 radical (unpaired) electrons. The van der Waals surface area contributed by atoms with Crippen LogP contribution in [0.4, 0.5) is 10.1 Å². The van der Waals surface area contributed by atoms with Gasteiger partial charge in [0, 0.05) is 6.08 Å². The van der Waals surface area contributed by atoms with Gasteiger partial charge in [-0.15, -0.1) is 0 Å². The number of rotatable bonds is 3. The third-order valence-corrected chi connectivity index (χ3v) is 2.70. The molecular formula is C16H14FNO. The Labute approximate surface area is 111 Å². The largest absolute Gasteiger partial charge is 0.320 e. The maximum Gasteiger partial charge on any atom is 0.248 e. The molecule has 0 aliphatic carbocycles. The maximum atomic E-state index is 13.5. The Bertz CT molecular complexity index is 585. The van der Waals surface area contributed by atoms with Crippen LogP contribution in [0.25, 0.3) is 6.08 Å². The lowest BCUT2D eigenvalue weighted by molar-refractivity contribution is -0.111. The quantitative estimate of drug-likeness (QED) is 0.831. The fourth-order valence-corrected chi connectivity index (χ4v) is 1.69. The first-order chi connectivity index (χ1) is 9.16. The van der Waals surface area contributed by atoms with E-state index in [9.17, 15) is 9.18 Å². The van der Waals surface area contributed by atoms with E-state index in [1.54, 1.807) is 25.1 Å². The van der Waals surface area contributed by atoms with Crippen LogP contribution >= 0.6 is 0 Å². The van der Waals surface area contributed by atoms with Crippen molar-refractivity contribution in [2.45, 2.75) is 6.92 Å². The molecule has 1 amide bonds. The molecule has 0 bridgehead atoms. The molecule has 0 saturated carbocycles. The van der Waals surface area contributed by atoms with Crippen molar-refractivity contribution in [3.63, 3.8) is 0 Å². The molecule has 0 heterocycles. The van der Waals surface area contributed by atoms with E-state index >= 15 is 0 Å². The minimum absolute atomic E-state index is 0.227. The third kappa shape index (κ3) is 3.52. The van der Waals surface area contributed by atoms with Gasteiger partial charge in [0.2, 0.25) is 5.91 Å². The van der Waals surface area contributed by atoms with E-state index in [0.29, 0.717) is 5.56 Å². The van der Waals surface area contributed by atoms with E-state index in [4.69, 9.17) is 0 Å². The number of anilines is 1. The summed E-state index contributed by atoms with van der Waals surface area (Å²) in [6.45, 7) is 1.75. The minimum Gasteiger partial charge on any atom is -0.320 e. The Morgan fingerprint density at radius 2 is 1.84 bits per heavy atom. The summed E-state index contributed by atoms with van der Waals surface area (Å²) < 4.78 is 13.5. The first-order valence-electron chi connectivity index (χ1n) is 5.96. The van der Waals surface area contributed by atoms with E-state index in [1.807, 2.05) is 30.3 Å². The summed E-state index contributed by atoms with van der Waals surface area (Å²) in [7, 11) is 0. The number of aryl methyl sites for hydroxylation is 1. The lowest BCUT2D eigenvalue weighted by atomic mass is 10.2. The number of hydrogen-bond donors (Lipinski definition) is 1. The van der Waals surface area contributed by atoms with Crippen LogP contribution in [0.1, 0.15) is 11.1 Å². The lowest BCUT2D eigenvalue weighted by Gasteiger charge is -2.07. The van der Waals surface area contributed by atoms with E-state index in [1.165, 1.54) is 12.1 Å². The summed E-state index contributed by atoms with van der Waals surface area (Å²) in [5.41, 5.74) is 1.84. The molecule has 19 heavy (non-hydrogen) atoms. The van der Waals surface area contributed by atoms with Gasteiger partial charge in [-0.3, -0.25) is 4.79 Å². The third-order valence-electron chi connectivity index (χ3n) is 2.70. The number of carbonyl (C=O) groups excluding carboxylic acids is 1. The number of para-hydroxylation sites is 1. The standard InChI is InChI=1S/C16H14FNO/c1-12-6-5-9-14(17)16(12)18-15(19)11-10-13-7-3-2-4-8-13/h2-11H,1H3,(H,18,19)/b11-10+. The highest BCUT2D eigenvalue weighted by Gasteiger charge is 2.06. The van der Waals surface area contributed by atoms with Crippen LogP contribution in [-0.2, 0) is 4.79 Å². The van der Waals surface area contributed by atoms with E-state index in [-0.39, 0.29) is 11.6 Å². The highest BCUT2D eigenvalue weighted by atomic mass is 19.1. The van der Waals surface area contributed by atoms with E-state index in [2.05, 4.69) is 5.32 Å². The van der Waals surface area contributed by atoms with E-state index < -0.39 is 5.82 Å². The van der Waals surface area contributed by atoms with Gasteiger partial charge in [-0.05, 0) is 30.2 Å². The Hall–Kier alpha value is -2.42. The van der Waals surface area contributed by atoms with Crippen LogP contribution in [0, 0.1) is 12.7 Å². The topological polar surface area (TPSA) is 29.1 Å². The number of carbonyl (C=O) groups is 1. The Morgan fingerprint density at radius 1 is 1.11 bits per heavy atom. The monoisotopic (exact) mass is 255 g/mol. The molecule has 2 aromatic rings. The highest BCUT2D eigenvalue weighted by molar-refractivity contribution is 6.02. The molecule has 96 valence electrons. The first-order valence-corrected chi connectivity index (χ1v) is 5.96. The van der Waals surface area contributed by atoms with Crippen molar-refractivity contribution in [3.8, 4) is 0 Å². The number of benzene rings is 2. The Balaban J connectivity index is 2.08. The van der Waals surface area contributed by atoms with Crippen molar-refractivity contribution in [3.05, 3.63) is 71.6 Å². The molecule has 1 N–H and O–H groups in total. The molecule has 0 unspecified atom stereocenters. The van der Waals surface area contributed by atoms with Crippen molar-refractivity contribution in [2.24, 2.45) is 0 Å². The van der Waals surface area contributed by atoms with Crippen molar-refractivity contribution in [2.75, 3.05) is 5.32 Å². The number of halogens is 1. The van der Waals surface area contributed by atoms with Crippen LogP contribution in [0.5, 0.6) is 0 Å². The van der Waals surface area contributed by atoms with Crippen molar-refractivity contribution >= 4 is 17.7 Å². The normalized spacial score (nSPS) is 10.6. The molecule has 0 aliphatic heterocycles. The zero-order chi connectivity index (χ0) is 13.7. The molecule has 2 nitrogen and oxygen atoms in total. The van der Waals surface area contributed by atoms with Crippen molar-refractivity contribution < 1.29 is 9.18 Å². The first kappa shape index (κ1) is 13.0. The van der Waals surface area contributed by atoms with Gasteiger partial charge in [0.05, 0.1) is 5.69 Å². The summed E-state index contributed by atoms with van der Waals surface area (Å²) in [5, 5.41) is 2.55. The summed E-state index contributed by atoms with van der Waals surface area (Å²) >= 11 is 0. The molecule has 0 aliphatic rings. The van der Waals surface area contributed by atoms with Gasteiger partial charge >= 0.3 is 0 Å². The van der Waals surface area contributed by atoms with Gasteiger partial charge in [-0.25, -0.2) is 4.39 Å². The predicted molar refractivity (Wildman–Crippen MR) is 75.2 cm³/mol. The second kappa shape index (κ2) is 5.96. The molecule has 0 atom stereocenters. The number of nitrogens with one attached hydrogen (secondary N) is 1. The Kier molecular flexibility index (Phi) is 4.08. The van der Waals surface area contributed by atoms with E-state index in [0.717, 1.165) is 5.56 Å². The zero-order valence-electron chi connectivity index (χ0n) is 10.6. The SMILES string of the molecule is Cc1cccc(F)c1NC(=O)/C=C/c1ccccc1. The fraction of sp³-hybridized carbons (Fsp3) is 0.0625. The van der Waals surface area contributed by atoms with Gasteiger partial charge in [0.1, 0.15) is 5.82 Å². The summed E-state index contributed by atoms with van der Waals surface area (Å²) in [5.74, 6) is -0.779. The molecule has 0 spiro atoms. The fourth-order valence-electron chi connectivity index (χ4n) is 1.69. The van der Waals surface area contributed by atoms with Gasteiger partial charge in [-0.1, -0.05) is 42.5 Å². The maximum absolute atomic E-state index is 13.5. The lowest BCUT2D eigenvalue weighted by Crippen LogP contribution is -2.10. The average molecular weight is 255 g/mol. The minimum atomic E-state index is -0.429. The second-order valence-corrected chi connectivity index (χ2v) is 4.17. The van der Waals surface area contributed by atoms with Crippen molar-refractivity contribution in [1.29, 1.82) is 0 Å². The Morgan fingerprint density at radius 3 is 2.53 bits per heavy atom. The number of amides is 1. The van der Waals surface area contributed by atoms with Crippen LogP contribution in [0.15, 0.2) is 54.6 Å². The highest BCUT2D eigenvalue weighted by Crippen LogP contribution is 2.18. The second-order valence-electron chi connectivity index (χ2n) is 4.17. The van der Waals surface area contributed by atoms with Gasteiger partial charge in [0.15, 0.2) is 0 Å². The molecule has 3 heteroatoms. The van der Waals surface area contributed by atoms with Crippen LogP contribution in [0.3, 0.4) is 0 Å². The summed E-state index contributed by atoms with van der Waals surface area (Å²) in [4.78, 5) is 11.7. The van der Waals surface area contributed by atoms with Gasteiger partial charge in [0.25, 0.3) is 0 Å². The average Bonchev–Trinajstić information content (AvgIpc) is 2.42. The summed E-state index contributed by atoms with van der Waals surface area (Å²) in [6, 6.07) is 14.1. The molecule has 0 fully saturated rings. The summed E-state index contributed by atoms with van der Waals surface area (Å²) in [6.07, 6.45) is 3.08. The molecule has 0 aromatic heterocycles. The molecule has 2 rings (SSSR count). The smallest absolute Gasteiger partial charge is 0.248 e. The number of hydrogen-bond acceptors (Lipinski definition) is 1. The van der Waals surface area contributed by atoms with Crippen LogP contribution in [-0.4, -0.2) is 5.91 Å². The molecule has 2 aromatic carbocycles. The predicted octanol–water partition coefficient (Wildman–Crippen LogP) is 3.79. The zero-order valence-corrected chi connectivity index (χ0v) is 10.6.